The molecule has 0 aliphatic rings. The lowest BCUT2D eigenvalue weighted by Gasteiger charge is -2.07. The highest BCUT2D eigenvalue weighted by atomic mass is 16.8. The number of hydrogen-bond acceptors (Lipinski definition) is 6. The molecule has 0 aliphatic heterocycles. The molecule has 17 heavy (non-hydrogen) atoms. The van der Waals surface area contributed by atoms with Gasteiger partial charge in [0.15, 0.2) is 5.52 Å². The monoisotopic (exact) mass is 238 g/mol. The highest BCUT2D eigenvalue weighted by Gasteiger charge is 2.13. The lowest BCUT2D eigenvalue weighted by atomic mass is 10.5. The van der Waals surface area contributed by atoms with E-state index in [0.29, 0.717) is 5.52 Å². The number of hydrogen-bond donors (Lipinski definition) is 1. The van der Waals surface area contributed by atoms with Gasteiger partial charge in [0.1, 0.15) is 11.8 Å². The van der Waals surface area contributed by atoms with Crippen molar-refractivity contribution >= 4 is 17.2 Å². The van der Waals surface area contributed by atoms with Crippen LogP contribution in [0, 0.1) is 0 Å². The summed E-state index contributed by atoms with van der Waals surface area (Å²) in [5, 5.41) is 5.78. The maximum Gasteiger partial charge on any atom is 0.534 e. The van der Waals surface area contributed by atoms with Gasteiger partial charge < -0.3 is 4.74 Å². The van der Waals surface area contributed by atoms with Crippen LogP contribution in [-0.4, -0.2) is 32.2 Å². The quantitative estimate of drug-likeness (QED) is 0.744. The molecule has 0 fully saturated rings. The third-order valence-electron chi connectivity index (χ3n) is 1.84. The van der Waals surface area contributed by atoms with Crippen molar-refractivity contribution in [2.45, 2.75) is 20.0 Å². The number of ether oxygens (including phenoxy) is 1. The molecule has 0 atom stereocenters. The van der Waals surface area contributed by atoms with Gasteiger partial charge in [-0.2, -0.15) is 9.83 Å². The lowest BCUT2D eigenvalue weighted by molar-refractivity contribution is 0.0311. The fraction of sp³-hybridized carbons (Fsp3) is 0.333. The molecule has 8 nitrogen and oxygen atoms in total. The van der Waals surface area contributed by atoms with E-state index in [-0.39, 0.29) is 11.6 Å². The molecule has 0 radical (unpaired) electrons. The summed E-state index contributed by atoms with van der Waals surface area (Å²) in [6, 6.07) is 0. The second-order valence-corrected chi connectivity index (χ2v) is 3.51. The second-order valence-electron chi connectivity index (χ2n) is 3.51. The molecule has 0 bridgehead atoms. The van der Waals surface area contributed by atoms with Gasteiger partial charge in [-0.25, -0.2) is 14.9 Å². The zero-order valence-corrected chi connectivity index (χ0v) is 9.21. The Morgan fingerprint density at radius 3 is 3.00 bits per heavy atom. The summed E-state index contributed by atoms with van der Waals surface area (Å²) < 4.78 is 5.72. The van der Waals surface area contributed by atoms with Crippen LogP contribution in [-0.2, 0) is 4.74 Å². The van der Waals surface area contributed by atoms with Gasteiger partial charge in [-0.1, -0.05) is 0 Å². The van der Waals surface area contributed by atoms with E-state index in [1.54, 1.807) is 13.8 Å². The largest absolute Gasteiger partial charge is 0.534 e. The van der Waals surface area contributed by atoms with Gasteiger partial charge in [0.2, 0.25) is 0 Å². The number of H-pyrrole nitrogens is 1. The van der Waals surface area contributed by atoms with Crippen molar-refractivity contribution in [2.24, 2.45) is 0 Å². The number of nitrogens with one attached hydrogen (secondary N) is 1. The molecule has 8 heteroatoms. The molecule has 0 amide bonds. The van der Waals surface area contributed by atoms with E-state index in [0.717, 1.165) is 4.73 Å². The Labute approximate surface area is 95.1 Å². The summed E-state index contributed by atoms with van der Waals surface area (Å²) in [7, 11) is 0. The summed E-state index contributed by atoms with van der Waals surface area (Å²) >= 11 is 0. The summed E-state index contributed by atoms with van der Waals surface area (Å²) in [5.41, 5.74) is -0.0795. The Balaban J connectivity index is 2.31. The standard InChI is InChI=1S/C9H10N4O4/c1-5(2)16-9(15)17-13-4-10-6-3-11-12-8(14)7(6)13/h3-5H,1-2H3,(H,12,14). The molecule has 2 aromatic heterocycles. The first-order chi connectivity index (χ1) is 8.08. The number of aromatic nitrogens is 4. The minimum atomic E-state index is -0.907. The first kappa shape index (κ1) is 11.1. The van der Waals surface area contributed by atoms with Gasteiger partial charge in [0.05, 0.1) is 12.3 Å². The van der Waals surface area contributed by atoms with Gasteiger partial charge in [0, 0.05) is 0 Å². The molecule has 2 rings (SSSR count). The Hall–Kier alpha value is -2.38. The third-order valence-corrected chi connectivity index (χ3v) is 1.84. The van der Waals surface area contributed by atoms with Gasteiger partial charge in [0.25, 0.3) is 5.56 Å². The minimum Gasteiger partial charge on any atom is -0.430 e. The van der Waals surface area contributed by atoms with Crippen LogP contribution >= 0.6 is 0 Å². The minimum absolute atomic E-state index is 0.0979. The van der Waals surface area contributed by atoms with E-state index in [2.05, 4.69) is 15.2 Å². The zero-order valence-electron chi connectivity index (χ0n) is 9.21. The molecule has 1 N–H and O–H groups in total. The maximum atomic E-state index is 11.5. The van der Waals surface area contributed by atoms with Crippen LogP contribution in [0.5, 0.6) is 0 Å². The van der Waals surface area contributed by atoms with E-state index < -0.39 is 11.7 Å². The van der Waals surface area contributed by atoms with Crippen molar-refractivity contribution in [3.05, 3.63) is 22.9 Å². The van der Waals surface area contributed by atoms with Crippen LogP contribution in [0.3, 0.4) is 0 Å². The zero-order chi connectivity index (χ0) is 12.4. The van der Waals surface area contributed by atoms with Gasteiger partial charge >= 0.3 is 6.16 Å². The first-order valence-corrected chi connectivity index (χ1v) is 4.87. The average Bonchev–Trinajstić information content (AvgIpc) is 2.61. The maximum absolute atomic E-state index is 11.5. The van der Waals surface area contributed by atoms with E-state index in [1.165, 1.54) is 12.5 Å². The topological polar surface area (TPSA) is 99.1 Å². The molecule has 2 heterocycles. The number of aromatic amines is 1. The fourth-order valence-electron chi connectivity index (χ4n) is 1.23. The van der Waals surface area contributed by atoms with Gasteiger partial charge in [-0.05, 0) is 13.8 Å². The SMILES string of the molecule is CC(C)OC(=O)On1cnc2cn[nH]c(=O)c21. The first-order valence-electron chi connectivity index (χ1n) is 4.87. The number of rotatable bonds is 2. The second kappa shape index (κ2) is 4.24. The van der Waals surface area contributed by atoms with Crippen molar-refractivity contribution < 1.29 is 14.4 Å². The lowest BCUT2D eigenvalue weighted by Crippen LogP contribution is -2.25. The number of carbonyl (C=O) groups excluding carboxylic acids is 1. The Morgan fingerprint density at radius 2 is 2.29 bits per heavy atom. The summed E-state index contributed by atoms with van der Waals surface area (Å²) in [6.45, 7) is 3.37. The molecular weight excluding hydrogens is 228 g/mol. The average molecular weight is 238 g/mol. The van der Waals surface area contributed by atoms with Crippen LogP contribution in [0.1, 0.15) is 13.8 Å². The van der Waals surface area contributed by atoms with Crippen LogP contribution in [0.25, 0.3) is 11.0 Å². The highest BCUT2D eigenvalue weighted by molar-refractivity contribution is 5.73. The smallest absolute Gasteiger partial charge is 0.430 e. The molecule has 2 aromatic rings. The molecule has 90 valence electrons. The number of nitrogens with zero attached hydrogens (tertiary/aromatic N) is 3. The number of fused-ring (bicyclic) bond motifs is 1. The van der Waals surface area contributed by atoms with Gasteiger partial charge in [-0.15, -0.1) is 0 Å². The molecule has 0 spiro atoms. The molecule has 0 unspecified atom stereocenters. The predicted molar refractivity (Wildman–Crippen MR) is 56.3 cm³/mol. The van der Waals surface area contributed by atoms with Crippen LogP contribution in [0.4, 0.5) is 4.79 Å². The molecular formula is C9H10N4O4. The molecule has 0 saturated heterocycles. The van der Waals surface area contributed by atoms with Crippen molar-refractivity contribution in [3.8, 4) is 0 Å². The fourth-order valence-corrected chi connectivity index (χ4v) is 1.23. The number of imidazole rings is 1. The predicted octanol–water partition coefficient (Wildman–Crippen LogP) is 0.0932. The molecule has 0 aromatic carbocycles. The summed E-state index contributed by atoms with van der Waals surface area (Å²) in [6.07, 6.45) is 1.33. The van der Waals surface area contributed by atoms with Crippen LogP contribution in [0.2, 0.25) is 0 Å². The Morgan fingerprint density at radius 1 is 1.53 bits per heavy atom. The van der Waals surface area contributed by atoms with Crippen molar-refractivity contribution in [2.75, 3.05) is 0 Å². The van der Waals surface area contributed by atoms with E-state index in [1.807, 2.05) is 0 Å². The van der Waals surface area contributed by atoms with E-state index >= 15 is 0 Å². The molecule has 0 aliphatic carbocycles. The van der Waals surface area contributed by atoms with Crippen molar-refractivity contribution in [3.63, 3.8) is 0 Å². The normalized spacial score (nSPS) is 10.8. The van der Waals surface area contributed by atoms with E-state index in [4.69, 9.17) is 9.57 Å². The van der Waals surface area contributed by atoms with Gasteiger partial charge in [-0.3, -0.25) is 9.63 Å². The van der Waals surface area contributed by atoms with E-state index in [9.17, 15) is 9.59 Å². The Bertz CT molecular complexity index is 600. The summed E-state index contributed by atoms with van der Waals surface area (Å²) in [4.78, 5) is 31.4. The number of carbonyl (C=O) groups is 1. The highest BCUT2D eigenvalue weighted by Crippen LogP contribution is 2.03. The van der Waals surface area contributed by atoms with Crippen molar-refractivity contribution in [1.82, 2.24) is 19.9 Å². The molecule has 0 saturated carbocycles. The van der Waals surface area contributed by atoms with Crippen molar-refractivity contribution in [1.29, 1.82) is 0 Å². The van der Waals surface area contributed by atoms with Crippen LogP contribution < -0.4 is 10.4 Å². The Kier molecular flexibility index (Phi) is 2.77. The third kappa shape index (κ3) is 2.25. The van der Waals surface area contributed by atoms with Crippen LogP contribution in [0.15, 0.2) is 17.3 Å². The summed E-state index contributed by atoms with van der Waals surface area (Å²) in [5.74, 6) is 0.